The van der Waals surface area contributed by atoms with Gasteiger partial charge in [-0.15, -0.1) is 0 Å². The Morgan fingerprint density at radius 2 is 1.70 bits per heavy atom. The summed E-state index contributed by atoms with van der Waals surface area (Å²) in [6, 6.07) is 5.32. The zero-order chi connectivity index (χ0) is 17.0. The van der Waals surface area contributed by atoms with Crippen LogP contribution in [0, 0.1) is 0 Å². The minimum atomic E-state index is -0.0788. The third-order valence-electron chi connectivity index (χ3n) is 4.12. The monoisotopic (exact) mass is 382 g/mol. The zero-order valence-electron chi connectivity index (χ0n) is 13.6. The number of rotatable bonds is 3. The molecular weight excluding hydrogens is 360 g/mol. The normalized spacial score (nSPS) is 14.7. The van der Waals surface area contributed by atoms with Crippen LogP contribution >= 0.6 is 15.9 Å². The van der Waals surface area contributed by atoms with Crippen LogP contribution < -0.4 is 5.73 Å². The second-order valence-electron chi connectivity index (χ2n) is 5.47. The molecule has 0 aliphatic carbocycles. The maximum Gasteiger partial charge on any atom is 0.320 e. The van der Waals surface area contributed by atoms with E-state index in [0.717, 1.165) is 4.47 Å². The fourth-order valence-electron chi connectivity index (χ4n) is 2.69. The van der Waals surface area contributed by atoms with Crippen molar-refractivity contribution in [2.24, 2.45) is 0 Å². The van der Waals surface area contributed by atoms with Gasteiger partial charge in [-0.25, -0.2) is 4.79 Å². The number of nitrogen functional groups attached to an aromatic ring is 1. The van der Waals surface area contributed by atoms with Crippen LogP contribution in [0.15, 0.2) is 22.7 Å². The molecule has 2 rings (SSSR count). The lowest BCUT2D eigenvalue weighted by molar-refractivity contribution is 0.0642. The highest BCUT2D eigenvalue weighted by molar-refractivity contribution is 9.10. The lowest BCUT2D eigenvalue weighted by Crippen LogP contribution is -2.54. The van der Waals surface area contributed by atoms with Gasteiger partial charge in [-0.2, -0.15) is 0 Å². The fraction of sp³-hybridized carbons (Fsp3) is 0.500. The minimum Gasteiger partial charge on any atom is -0.398 e. The number of anilines is 1. The molecule has 7 heteroatoms. The van der Waals surface area contributed by atoms with Crippen LogP contribution in [-0.2, 0) is 0 Å². The number of nitrogens with zero attached hydrogens (tertiary/aromatic N) is 3. The molecule has 1 aliphatic rings. The van der Waals surface area contributed by atoms with E-state index >= 15 is 0 Å². The predicted molar refractivity (Wildman–Crippen MR) is 94.3 cm³/mol. The topological polar surface area (TPSA) is 69.9 Å². The van der Waals surface area contributed by atoms with Crippen molar-refractivity contribution in [2.75, 3.05) is 45.0 Å². The Bertz CT molecular complexity index is 581. The molecule has 0 saturated carbocycles. The first kappa shape index (κ1) is 17.6. The molecule has 1 aromatic rings. The number of benzene rings is 1. The molecule has 6 nitrogen and oxygen atoms in total. The lowest BCUT2D eigenvalue weighted by Gasteiger charge is -2.37. The molecule has 0 bridgehead atoms. The van der Waals surface area contributed by atoms with Gasteiger partial charge >= 0.3 is 6.03 Å². The Balaban J connectivity index is 1.98. The molecule has 1 fully saturated rings. The van der Waals surface area contributed by atoms with Gasteiger partial charge in [-0.3, -0.25) is 4.79 Å². The zero-order valence-corrected chi connectivity index (χ0v) is 15.2. The third-order valence-corrected chi connectivity index (χ3v) is 4.61. The maximum atomic E-state index is 12.6. The number of carbonyl (C=O) groups excluding carboxylic acids is 2. The third kappa shape index (κ3) is 3.96. The molecule has 1 heterocycles. The van der Waals surface area contributed by atoms with Gasteiger partial charge < -0.3 is 20.4 Å². The van der Waals surface area contributed by atoms with Crippen LogP contribution in [0.5, 0.6) is 0 Å². The van der Waals surface area contributed by atoms with Gasteiger partial charge in [-0.1, -0.05) is 15.9 Å². The molecule has 23 heavy (non-hydrogen) atoms. The van der Waals surface area contributed by atoms with Gasteiger partial charge in [0.05, 0.1) is 5.56 Å². The van der Waals surface area contributed by atoms with Gasteiger partial charge in [0.15, 0.2) is 0 Å². The Morgan fingerprint density at radius 3 is 2.22 bits per heavy atom. The highest BCUT2D eigenvalue weighted by atomic mass is 79.9. The van der Waals surface area contributed by atoms with E-state index < -0.39 is 0 Å². The molecule has 126 valence electrons. The van der Waals surface area contributed by atoms with E-state index in [2.05, 4.69) is 15.9 Å². The van der Waals surface area contributed by atoms with Gasteiger partial charge in [0.1, 0.15) is 0 Å². The second-order valence-corrected chi connectivity index (χ2v) is 6.38. The fourth-order valence-corrected chi connectivity index (χ4v) is 3.07. The number of piperazine rings is 1. The molecule has 0 unspecified atom stereocenters. The summed E-state index contributed by atoms with van der Waals surface area (Å²) in [5.74, 6) is -0.0788. The Morgan fingerprint density at radius 1 is 1.13 bits per heavy atom. The number of amides is 3. The van der Waals surface area contributed by atoms with E-state index in [1.165, 1.54) is 0 Å². The molecule has 0 aromatic heterocycles. The number of halogens is 1. The predicted octanol–water partition coefficient (Wildman–Crippen LogP) is 2.25. The second kappa shape index (κ2) is 7.68. The van der Waals surface area contributed by atoms with Crippen molar-refractivity contribution >= 4 is 33.6 Å². The van der Waals surface area contributed by atoms with Crippen LogP contribution in [0.2, 0.25) is 0 Å². The Hall–Kier alpha value is -1.76. The summed E-state index contributed by atoms with van der Waals surface area (Å²) in [6.07, 6.45) is 0. The average molecular weight is 383 g/mol. The molecular formula is C16H23BrN4O2. The summed E-state index contributed by atoms with van der Waals surface area (Å²) in [4.78, 5) is 30.3. The molecule has 0 spiro atoms. The SMILES string of the molecule is CCN(CC)C(=O)N1CCN(C(=O)c2ccc(Br)cc2N)CC1. The summed E-state index contributed by atoms with van der Waals surface area (Å²) in [5.41, 5.74) is 6.91. The first-order valence-corrected chi connectivity index (χ1v) is 8.65. The first-order valence-electron chi connectivity index (χ1n) is 7.86. The van der Waals surface area contributed by atoms with Crippen LogP contribution in [0.3, 0.4) is 0 Å². The largest absolute Gasteiger partial charge is 0.398 e. The van der Waals surface area contributed by atoms with Crippen molar-refractivity contribution in [2.45, 2.75) is 13.8 Å². The van der Waals surface area contributed by atoms with Crippen molar-refractivity contribution in [3.05, 3.63) is 28.2 Å². The minimum absolute atomic E-state index is 0.0465. The van der Waals surface area contributed by atoms with E-state index in [4.69, 9.17) is 5.73 Å². The molecule has 2 N–H and O–H groups in total. The smallest absolute Gasteiger partial charge is 0.320 e. The van der Waals surface area contributed by atoms with Crippen LogP contribution in [0.25, 0.3) is 0 Å². The molecule has 0 atom stereocenters. The van der Waals surface area contributed by atoms with E-state index in [0.29, 0.717) is 50.5 Å². The van der Waals surface area contributed by atoms with E-state index in [1.807, 2.05) is 24.8 Å². The van der Waals surface area contributed by atoms with Crippen molar-refractivity contribution in [1.82, 2.24) is 14.7 Å². The molecule has 3 amide bonds. The van der Waals surface area contributed by atoms with Gasteiger partial charge in [0.2, 0.25) is 0 Å². The number of hydrogen-bond acceptors (Lipinski definition) is 3. The molecule has 0 radical (unpaired) electrons. The number of nitrogens with two attached hydrogens (primary N) is 1. The summed E-state index contributed by atoms with van der Waals surface area (Å²) < 4.78 is 0.848. The van der Waals surface area contributed by atoms with E-state index in [9.17, 15) is 9.59 Å². The summed E-state index contributed by atoms with van der Waals surface area (Å²) in [7, 11) is 0. The number of carbonyl (C=O) groups is 2. The number of urea groups is 1. The standard InChI is InChI=1S/C16H23BrN4O2/c1-3-19(4-2)16(23)21-9-7-20(8-10-21)15(22)13-6-5-12(17)11-14(13)18/h5-6,11H,3-4,7-10,18H2,1-2H3. The van der Waals surface area contributed by atoms with Gasteiger partial charge in [-0.05, 0) is 32.0 Å². The maximum absolute atomic E-state index is 12.6. The highest BCUT2D eigenvalue weighted by Crippen LogP contribution is 2.20. The molecule has 1 saturated heterocycles. The Labute approximate surface area is 145 Å². The quantitative estimate of drug-likeness (QED) is 0.814. The lowest BCUT2D eigenvalue weighted by atomic mass is 10.1. The van der Waals surface area contributed by atoms with Crippen LogP contribution in [0.1, 0.15) is 24.2 Å². The van der Waals surface area contributed by atoms with Gasteiger partial charge in [0, 0.05) is 49.4 Å². The number of hydrogen-bond donors (Lipinski definition) is 1. The first-order chi connectivity index (χ1) is 11.0. The van der Waals surface area contributed by atoms with Gasteiger partial charge in [0.25, 0.3) is 5.91 Å². The molecule has 1 aromatic carbocycles. The summed E-state index contributed by atoms with van der Waals surface area (Å²) >= 11 is 3.34. The van der Waals surface area contributed by atoms with Crippen LogP contribution in [0.4, 0.5) is 10.5 Å². The average Bonchev–Trinajstić information content (AvgIpc) is 2.55. The van der Waals surface area contributed by atoms with E-state index in [1.54, 1.807) is 21.9 Å². The summed E-state index contributed by atoms with van der Waals surface area (Å²) in [6.45, 7) is 7.50. The van der Waals surface area contributed by atoms with Crippen LogP contribution in [-0.4, -0.2) is 65.9 Å². The molecule has 1 aliphatic heterocycles. The van der Waals surface area contributed by atoms with Crippen molar-refractivity contribution in [3.8, 4) is 0 Å². The highest BCUT2D eigenvalue weighted by Gasteiger charge is 2.27. The van der Waals surface area contributed by atoms with E-state index in [-0.39, 0.29) is 11.9 Å². The Kier molecular flexibility index (Phi) is 5.87. The van der Waals surface area contributed by atoms with Crippen molar-refractivity contribution in [1.29, 1.82) is 0 Å². The van der Waals surface area contributed by atoms with Crippen molar-refractivity contribution in [3.63, 3.8) is 0 Å². The van der Waals surface area contributed by atoms with Crippen molar-refractivity contribution < 1.29 is 9.59 Å². The summed E-state index contributed by atoms with van der Waals surface area (Å²) in [5, 5.41) is 0.